The standard InChI is InChI=1S/C15H16F3N3O.2ClH/c1-19-7-8-21(2)14(22)11-9-20-12-6-4-3-5-10(12)13(11)15(16,17)18;;/h3-6,9,19H,7-8H2,1-2H3;2*1H. The Hall–Kier alpha value is -1.57. The van der Waals surface area contributed by atoms with E-state index in [1.54, 1.807) is 13.1 Å². The van der Waals surface area contributed by atoms with E-state index in [0.717, 1.165) is 6.20 Å². The molecule has 1 heterocycles. The van der Waals surface area contributed by atoms with Crippen LogP contribution in [0, 0.1) is 0 Å². The van der Waals surface area contributed by atoms with Crippen LogP contribution >= 0.6 is 24.8 Å². The molecule has 0 saturated carbocycles. The van der Waals surface area contributed by atoms with Crippen LogP contribution in [0.15, 0.2) is 30.5 Å². The maximum absolute atomic E-state index is 13.4. The van der Waals surface area contributed by atoms with E-state index < -0.39 is 23.2 Å². The number of hydrogen-bond acceptors (Lipinski definition) is 3. The van der Waals surface area contributed by atoms with Crippen LogP contribution in [0.3, 0.4) is 0 Å². The number of halogens is 5. The molecule has 0 aliphatic heterocycles. The lowest BCUT2D eigenvalue weighted by atomic mass is 10.0. The normalized spacial score (nSPS) is 10.7. The zero-order valence-corrected chi connectivity index (χ0v) is 14.7. The number of aromatic nitrogens is 1. The summed E-state index contributed by atoms with van der Waals surface area (Å²) in [6.07, 6.45) is -3.62. The molecule has 0 aliphatic rings. The molecule has 2 rings (SSSR count). The number of hydrogen-bond donors (Lipinski definition) is 1. The SMILES string of the molecule is CNCCN(C)C(=O)c1cnc2ccccc2c1C(F)(F)F.Cl.Cl. The average Bonchev–Trinajstić information content (AvgIpc) is 2.49. The number of rotatable bonds is 4. The summed E-state index contributed by atoms with van der Waals surface area (Å²) >= 11 is 0. The van der Waals surface area contributed by atoms with Crippen LogP contribution in [0.5, 0.6) is 0 Å². The first-order chi connectivity index (χ1) is 10.4. The third-order valence-corrected chi connectivity index (χ3v) is 3.33. The van der Waals surface area contributed by atoms with Gasteiger partial charge in [0.15, 0.2) is 0 Å². The maximum Gasteiger partial charge on any atom is 0.417 e. The molecule has 1 aromatic carbocycles. The Morgan fingerprint density at radius 3 is 2.46 bits per heavy atom. The summed E-state index contributed by atoms with van der Waals surface area (Å²) < 4.78 is 40.3. The monoisotopic (exact) mass is 383 g/mol. The minimum absolute atomic E-state index is 0. The van der Waals surface area contributed by atoms with Crippen LogP contribution in [0.1, 0.15) is 15.9 Å². The van der Waals surface area contributed by atoms with Gasteiger partial charge < -0.3 is 10.2 Å². The Labute approximate surface area is 150 Å². The Bertz CT molecular complexity index is 695. The van der Waals surface area contributed by atoms with E-state index in [0.29, 0.717) is 13.1 Å². The maximum atomic E-state index is 13.4. The first kappa shape index (κ1) is 22.4. The van der Waals surface area contributed by atoms with E-state index >= 15 is 0 Å². The zero-order valence-electron chi connectivity index (χ0n) is 13.1. The number of carbonyl (C=O) groups is 1. The van der Waals surface area contributed by atoms with Crippen molar-refractivity contribution in [3.8, 4) is 0 Å². The molecule has 2 aromatic rings. The van der Waals surface area contributed by atoms with Crippen molar-refractivity contribution in [2.75, 3.05) is 27.2 Å². The number of benzene rings is 1. The molecule has 0 spiro atoms. The fourth-order valence-electron chi connectivity index (χ4n) is 2.20. The Balaban J connectivity index is 0.00000264. The highest BCUT2D eigenvalue weighted by atomic mass is 35.5. The summed E-state index contributed by atoms with van der Waals surface area (Å²) in [6, 6.07) is 5.92. The molecule has 1 N–H and O–H groups in total. The molecule has 134 valence electrons. The number of amides is 1. The summed E-state index contributed by atoms with van der Waals surface area (Å²) in [4.78, 5) is 17.5. The minimum atomic E-state index is -4.63. The summed E-state index contributed by atoms with van der Waals surface area (Å²) in [5, 5.41) is 2.78. The highest BCUT2D eigenvalue weighted by molar-refractivity contribution is 6.00. The van der Waals surface area contributed by atoms with E-state index in [1.807, 2.05) is 0 Å². The van der Waals surface area contributed by atoms with Gasteiger partial charge >= 0.3 is 6.18 Å². The lowest BCUT2D eigenvalue weighted by molar-refractivity contribution is -0.136. The summed E-state index contributed by atoms with van der Waals surface area (Å²) in [5.41, 5.74) is -1.14. The largest absolute Gasteiger partial charge is 0.417 e. The van der Waals surface area contributed by atoms with Crippen LogP contribution < -0.4 is 5.32 Å². The van der Waals surface area contributed by atoms with Gasteiger partial charge in [-0.05, 0) is 13.1 Å². The van der Waals surface area contributed by atoms with Crippen molar-refractivity contribution in [1.82, 2.24) is 15.2 Å². The highest BCUT2D eigenvalue weighted by Crippen LogP contribution is 2.37. The summed E-state index contributed by atoms with van der Waals surface area (Å²) in [6.45, 7) is 0.796. The smallest absolute Gasteiger partial charge is 0.340 e. The fraction of sp³-hybridized carbons (Fsp3) is 0.333. The molecule has 1 amide bonds. The second-order valence-corrected chi connectivity index (χ2v) is 4.89. The second kappa shape index (κ2) is 9.05. The van der Waals surface area contributed by atoms with Crippen molar-refractivity contribution >= 4 is 41.6 Å². The summed E-state index contributed by atoms with van der Waals surface area (Å²) in [5.74, 6) is -0.694. The highest BCUT2D eigenvalue weighted by Gasteiger charge is 2.38. The molecule has 1 aromatic heterocycles. The van der Waals surface area contributed by atoms with Crippen molar-refractivity contribution in [1.29, 1.82) is 0 Å². The molecule has 9 heteroatoms. The van der Waals surface area contributed by atoms with E-state index in [-0.39, 0.29) is 35.7 Å². The fourth-order valence-corrected chi connectivity index (χ4v) is 2.20. The molecular weight excluding hydrogens is 366 g/mol. The van der Waals surface area contributed by atoms with Crippen molar-refractivity contribution in [3.63, 3.8) is 0 Å². The first-order valence-corrected chi connectivity index (χ1v) is 6.71. The van der Waals surface area contributed by atoms with Crippen LogP contribution in [0.25, 0.3) is 10.9 Å². The lowest BCUT2D eigenvalue weighted by Crippen LogP contribution is -2.34. The molecular formula is C15H18Cl2F3N3O. The van der Waals surface area contributed by atoms with Crippen molar-refractivity contribution in [2.24, 2.45) is 0 Å². The molecule has 0 aliphatic carbocycles. The molecule has 0 atom stereocenters. The molecule has 0 bridgehead atoms. The van der Waals surface area contributed by atoms with Gasteiger partial charge in [-0.25, -0.2) is 0 Å². The molecule has 0 fully saturated rings. The van der Waals surface area contributed by atoms with Gasteiger partial charge in [0.05, 0.1) is 16.6 Å². The van der Waals surface area contributed by atoms with Crippen molar-refractivity contribution in [3.05, 3.63) is 41.6 Å². The lowest BCUT2D eigenvalue weighted by Gasteiger charge is -2.20. The number of para-hydroxylation sites is 1. The molecule has 0 saturated heterocycles. The van der Waals surface area contributed by atoms with Gasteiger partial charge in [-0.15, -0.1) is 24.8 Å². The summed E-state index contributed by atoms with van der Waals surface area (Å²) in [7, 11) is 3.17. The van der Waals surface area contributed by atoms with Gasteiger partial charge in [-0.1, -0.05) is 18.2 Å². The Kier molecular flexibility index (Phi) is 8.46. The van der Waals surface area contributed by atoms with Crippen LogP contribution in [0.2, 0.25) is 0 Å². The van der Waals surface area contributed by atoms with Crippen molar-refractivity contribution in [2.45, 2.75) is 6.18 Å². The van der Waals surface area contributed by atoms with Crippen LogP contribution in [-0.2, 0) is 6.18 Å². The van der Waals surface area contributed by atoms with Gasteiger partial charge in [-0.3, -0.25) is 9.78 Å². The molecule has 0 unspecified atom stereocenters. The second-order valence-electron chi connectivity index (χ2n) is 4.89. The van der Waals surface area contributed by atoms with E-state index in [4.69, 9.17) is 0 Å². The average molecular weight is 384 g/mol. The topological polar surface area (TPSA) is 45.2 Å². The Morgan fingerprint density at radius 2 is 1.88 bits per heavy atom. The quantitative estimate of drug-likeness (QED) is 0.879. The van der Waals surface area contributed by atoms with Crippen molar-refractivity contribution < 1.29 is 18.0 Å². The number of pyridine rings is 1. The van der Waals surface area contributed by atoms with Gasteiger partial charge in [0, 0.05) is 31.7 Å². The minimum Gasteiger partial charge on any atom is -0.340 e. The van der Waals surface area contributed by atoms with Crippen LogP contribution in [0.4, 0.5) is 13.2 Å². The van der Waals surface area contributed by atoms with Gasteiger partial charge in [0.2, 0.25) is 0 Å². The van der Waals surface area contributed by atoms with Gasteiger partial charge in [0.25, 0.3) is 5.91 Å². The van der Waals surface area contributed by atoms with E-state index in [1.165, 1.54) is 30.1 Å². The molecule has 24 heavy (non-hydrogen) atoms. The van der Waals surface area contributed by atoms with E-state index in [2.05, 4.69) is 10.3 Å². The molecule has 4 nitrogen and oxygen atoms in total. The number of likely N-dealkylation sites (N-methyl/N-ethyl adjacent to an activating group) is 2. The number of nitrogens with zero attached hydrogens (tertiary/aromatic N) is 2. The predicted molar refractivity (Wildman–Crippen MR) is 92.1 cm³/mol. The number of nitrogens with one attached hydrogen (secondary N) is 1. The number of alkyl halides is 3. The number of carbonyl (C=O) groups excluding carboxylic acids is 1. The van der Waals surface area contributed by atoms with Gasteiger partial charge in [0.1, 0.15) is 0 Å². The third-order valence-electron chi connectivity index (χ3n) is 3.33. The van der Waals surface area contributed by atoms with Crippen LogP contribution in [-0.4, -0.2) is 43.0 Å². The van der Waals surface area contributed by atoms with E-state index in [9.17, 15) is 18.0 Å². The number of fused-ring (bicyclic) bond motifs is 1. The van der Waals surface area contributed by atoms with Gasteiger partial charge in [-0.2, -0.15) is 13.2 Å². The third kappa shape index (κ3) is 4.72. The first-order valence-electron chi connectivity index (χ1n) is 6.71. The Morgan fingerprint density at radius 1 is 1.25 bits per heavy atom. The predicted octanol–water partition coefficient (Wildman–Crippen LogP) is 3.39. The zero-order chi connectivity index (χ0) is 16.3. The molecule has 0 radical (unpaired) electrons.